The van der Waals surface area contributed by atoms with E-state index in [1.807, 2.05) is 12.1 Å². The van der Waals surface area contributed by atoms with E-state index in [9.17, 15) is 4.79 Å². The van der Waals surface area contributed by atoms with Crippen LogP contribution in [0.25, 0.3) is 0 Å². The smallest absolute Gasteiger partial charge is 0.220 e. The first-order valence-corrected chi connectivity index (χ1v) is 6.71. The van der Waals surface area contributed by atoms with E-state index >= 15 is 0 Å². The van der Waals surface area contributed by atoms with Crippen molar-refractivity contribution >= 4 is 21.8 Å². The molecule has 1 aliphatic rings. The summed E-state index contributed by atoms with van der Waals surface area (Å²) in [6, 6.07) is 3.74. The van der Waals surface area contributed by atoms with Gasteiger partial charge in [0.25, 0.3) is 0 Å². The van der Waals surface area contributed by atoms with Crippen molar-refractivity contribution in [2.45, 2.75) is 25.7 Å². The summed E-state index contributed by atoms with van der Waals surface area (Å²) in [4.78, 5) is 11.6. The second-order valence-electron chi connectivity index (χ2n) is 4.49. The molecule has 1 heterocycles. The molecule has 1 aromatic rings. The van der Waals surface area contributed by atoms with Crippen LogP contribution < -0.4 is 5.32 Å². The number of carbonyl (C=O) groups excluding carboxylic acids is 1. The van der Waals surface area contributed by atoms with Crippen LogP contribution in [-0.4, -0.2) is 17.8 Å². The Kier molecular flexibility index (Phi) is 3.69. The quantitative estimate of drug-likeness (QED) is 0.816. The van der Waals surface area contributed by atoms with E-state index in [-0.39, 0.29) is 5.91 Å². The molecule has 1 fully saturated rings. The van der Waals surface area contributed by atoms with Crippen molar-refractivity contribution in [1.29, 1.82) is 0 Å². The molecule has 1 amide bonds. The molecule has 0 radical (unpaired) electrons. The summed E-state index contributed by atoms with van der Waals surface area (Å²) in [5.74, 6) is 0.986. The fraction of sp³-hybridized carbons (Fsp3) is 0.583. The number of rotatable bonds is 6. The molecule has 0 bridgehead atoms. The highest BCUT2D eigenvalue weighted by Crippen LogP contribution is 2.46. The largest absolute Gasteiger partial charge is 0.469 e. The van der Waals surface area contributed by atoms with Crippen molar-refractivity contribution < 1.29 is 9.21 Å². The van der Waals surface area contributed by atoms with Crippen LogP contribution in [0.5, 0.6) is 0 Å². The monoisotopic (exact) mass is 285 g/mol. The van der Waals surface area contributed by atoms with E-state index in [0.29, 0.717) is 18.3 Å². The minimum atomic E-state index is 0.114. The number of halogens is 1. The Labute approximate surface area is 104 Å². The normalized spacial score (nSPS) is 17.1. The Hall–Kier alpha value is -0.770. The minimum absolute atomic E-state index is 0.114. The summed E-state index contributed by atoms with van der Waals surface area (Å²) in [5.41, 5.74) is 0.348. The molecule has 0 atom stereocenters. The molecule has 0 aromatic carbocycles. The second-order valence-corrected chi connectivity index (χ2v) is 5.05. The van der Waals surface area contributed by atoms with Gasteiger partial charge in [0.15, 0.2) is 0 Å². The highest BCUT2D eigenvalue weighted by atomic mass is 79.9. The number of hydrogen-bond donors (Lipinski definition) is 1. The summed E-state index contributed by atoms with van der Waals surface area (Å²) < 4.78 is 5.18. The average Bonchev–Trinajstić information content (AvgIpc) is 2.90. The second kappa shape index (κ2) is 5.04. The molecule has 16 heavy (non-hydrogen) atoms. The van der Waals surface area contributed by atoms with Crippen molar-refractivity contribution in [1.82, 2.24) is 5.32 Å². The molecular weight excluding hydrogens is 270 g/mol. The molecule has 0 saturated heterocycles. The van der Waals surface area contributed by atoms with Crippen molar-refractivity contribution in [3.63, 3.8) is 0 Å². The molecular formula is C12H16BrNO2. The third kappa shape index (κ3) is 3.11. The number of nitrogens with one attached hydrogen (secondary N) is 1. The Bertz CT molecular complexity index is 344. The van der Waals surface area contributed by atoms with Crippen molar-refractivity contribution in [2.75, 3.05) is 11.9 Å². The summed E-state index contributed by atoms with van der Waals surface area (Å²) in [5, 5.41) is 3.97. The van der Waals surface area contributed by atoms with Gasteiger partial charge in [0.1, 0.15) is 5.76 Å². The Morgan fingerprint density at radius 2 is 2.38 bits per heavy atom. The molecule has 88 valence electrons. The van der Waals surface area contributed by atoms with Gasteiger partial charge in [-0.25, -0.2) is 0 Å². The first-order chi connectivity index (χ1) is 7.74. The first kappa shape index (κ1) is 11.7. The molecule has 1 N–H and O–H groups in total. The average molecular weight is 286 g/mol. The number of amides is 1. The molecule has 1 saturated carbocycles. The Balaban J connectivity index is 1.65. The van der Waals surface area contributed by atoms with Crippen LogP contribution in [0.1, 0.15) is 25.0 Å². The first-order valence-electron chi connectivity index (χ1n) is 5.59. The fourth-order valence-electron chi connectivity index (χ4n) is 1.60. The zero-order valence-corrected chi connectivity index (χ0v) is 10.8. The lowest BCUT2D eigenvalue weighted by Gasteiger charge is -2.12. The van der Waals surface area contributed by atoms with Crippen molar-refractivity contribution in [3.8, 4) is 0 Å². The third-order valence-corrected chi connectivity index (χ3v) is 4.27. The SMILES string of the molecule is O=C(CCc1ccco1)NCC1(CBr)CC1. The standard InChI is InChI=1S/C12H16BrNO2/c13-8-12(5-6-12)9-14-11(15)4-3-10-2-1-7-16-10/h1-2,7H,3-6,8-9H2,(H,14,15). The Morgan fingerprint density at radius 3 is 2.94 bits per heavy atom. The van der Waals surface area contributed by atoms with Crippen LogP contribution >= 0.6 is 15.9 Å². The highest BCUT2D eigenvalue weighted by Gasteiger charge is 2.41. The number of aryl methyl sites for hydroxylation is 1. The number of hydrogen-bond acceptors (Lipinski definition) is 2. The number of carbonyl (C=O) groups is 1. The van der Waals surface area contributed by atoms with Crippen molar-refractivity contribution in [2.24, 2.45) is 5.41 Å². The third-order valence-electron chi connectivity index (χ3n) is 3.08. The van der Waals surface area contributed by atoms with Gasteiger partial charge in [-0.15, -0.1) is 0 Å². The maximum atomic E-state index is 11.6. The Morgan fingerprint density at radius 1 is 1.56 bits per heavy atom. The van der Waals surface area contributed by atoms with Crippen LogP contribution in [0.15, 0.2) is 22.8 Å². The molecule has 0 aliphatic heterocycles. The minimum Gasteiger partial charge on any atom is -0.469 e. The summed E-state index contributed by atoms with van der Waals surface area (Å²) in [6.07, 6.45) is 5.26. The summed E-state index contributed by atoms with van der Waals surface area (Å²) >= 11 is 3.49. The van der Waals surface area contributed by atoms with E-state index in [2.05, 4.69) is 21.2 Å². The molecule has 2 rings (SSSR count). The van der Waals surface area contributed by atoms with Crippen LogP contribution in [0.2, 0.25) is 0 Å². The molecule has 3 nitrogen and oxygen atoms in total. The van der Waals surface area contributed by atoms with E-state index in [0.717, 1.165) is 17.6 Å². The lowest BCUT2D eigenvalue weighted by atomic mass is 10.1. The lowest BCUT2D eigenvalue weighted by molar-refractivity contribution is -0.121. The van der Waals surface area contributed by atoms with Gasteiger partial charge in [-0.1, -0.05) is 15.9 Å². The van der Waals surface area contributed by atoms with Crippen LogP contribution in [-0.2, 0) is 11.2 Å². The fourth-order valence-corrected chi connectivity index (χ4v) is 2.36. The summed E-state index contributed by atoms with van der Waals surface area (Å²) in [7, 11) is 0. The van der Waals surface area contributed by atoms with Gasteiger partial charge in [-0.2, -0.15) is 0 Å². The zero-order chi connectivity index (χ0) is 11.4. The molecule has 1 aliphatic carbocycles. The van der Waals surface area contributed by atoms with Gasteiger partial charge in [-0.3, -0.25) is 4.79 Å². The van der Waals surface area contributed by atoms with Crippen LogP contribution in [0.3, 0.4) is 0 Å². The van der Waals surface area contributed by atoms with E-state index in [1.54, 1.807) is 6.26 Å². The zero-order valence-electron chi connectivity index (χ0n) is 9.17. The van der Waals surface area contributed by atoms with Crippen LogP contribution in [0, 0.1) is 5.41 Å². The van der Waals surface area contributed by atoms with Gasteiger partial charge in [-0.05, 0) is 30.4 Å². The summed E-state index contributed by atoms with van der Waals surface area (Å²) in [6.45, 7) is 0.801. The molecule has 0 spiro atoms. The maximum Gasteiger partial charge on any atom is 0.220 e. The van der Waals surface area contributed by atoms with Gasteiger partial charge in [0.05, 0.1) is 6.26 Å². The van der Waals surface area contributed by atoms with E-state index in [4.69, 9.17) is 4.42 Å². The van der Waals surface area contributed by atoms with Gasteiger partial charge in [0.2, 0.25) is 5.91 Å². The molecule has 1 aromatic heterocycles. The lowest BCUT2D eigenvalue weighted by Crippen LogP contribution is -2.31. The van der Waals surface area contributed by atoms with E-state index < -0.39 is 0 Å². The van der Waals surface area contributed by atoms with E-state index in [1.165, 1.54) is 12.8 Å². The highest BCUT2D eigenvalue weighted by molar-refractivity contribution is 9.09. The van der Waals surface area contributed by atoms with Crippen LogP contribution in [0.4, 0.5) is 0 Å². The van der Waals surface area contributed by atoms with Crippen molar-refractivity contribution in [3.05, 3.63) is 24.2 Å². The van der Waals surface area contributed by atoms with Gasteiger partial charge >= 0.3 is 0 Å². The predicted octanol–water partition coefficient (Wildman–Crippen LogP) is 2.50. The number of alkyl halides is 1. The molecule has 0 unspecified atom stereocenters. The maximum absolute atomic E-state index is 11.6. The van der Waals surface area contributed by atoms with Gasteiger partial charge in [0, 0.05) is 24.7 Å². The predicted molar refractivity (Wildman–Crippen MR) is 65.5 cm³/mol. The van der Waals surface area contributed by atoms with Gasteiger partial charge < -0.3 is 9.73 Å². The topological polar surface area (TPSA) is 42.2 Å². The molecule has 4 heteroatoms. The number of furan rings is 1.